The maximum absolute atomic E-state index is 14.1. The highest BCUT2D eigenvalue weighted by atomic mass is 32.2. The van der Waals surface area contributed by atoms with E-state index in [0.717, 1.165) is 38.7 Å². The molecule has 9 heteroatoms. The van der Waals surface area contributed by atoms with Crippen LogP contribution in [-0.2, 0) is 26.2 Å². The number of thioether (sulfide) groups is 1. The lowest BCUT2D eigenvalue weighted by atomic mass is 10.1. The predicted octanol–water partition coefficient (Wildman–Crippen LogP) is 5.94. The zero-order valence-electron chi connectivity index (χ0n) is 24.6. The molecular weight excluding hydrogens is 555 g/mol. The van der Waals surface area contributed by atoms with Crippen LogP contribution in [0.1, 0.15) is 49.8 Å². The van der Waals surface area contributed by atoms with E-state index in [1.807, 2.05) is 70.3 Å². The molecule has 0 unspecified atom stereocenters. The highest BCUT2D eigenvalue weighted by Crippen LogP contribution is 2.27. The molecule has 1 N–H and O–H groups in total. The summed E-state index contributed by atoms with van der Waals surface area (Å²) in [4.78, 5) is 30.0. The van der Waals surface area contributed by atoms with Crippen molar-refractivity contribution in [3.8, 4) is 0 Å². The van der Waals surface area contributed by atoms with E-state index in [2.05, 4.69) is 5.32 Å². The number of anilines is 1. The summed E-state index contributed by atoms with van der Waals surface area (Å²) in [5.41, 5.74) is 3.26. The Balaban J connectivity index is 2.03. The number of hydrogen-bond acceptors (Lipinski definition) is 5. The van der Waals surface area contributed by atoms with Crippen molar-refractivity contribution >= 4 is 39.3 Å². The first-order valence-electron chi connectivity index (χ1n) is 14.0. The van der Waals surface area contributed by atoms with E-state index in [4.69, 9.17) is 0 Å². The maximum atomic E-state index is 14.1. The Bertz CT molecular complexity index is 1410. The zero-order valence-corrected chi connectivity index (χ0v) is 26.2. The summed E-state index contributed by atoms with van der Waals surface area (Å²) in [6, 6.07) is 20.7. The number of unbranched alkanes of at least 4 members (excludes halogenated alkanes) is 1. The van der Waals surface area contributed by atoms with E-state index in [1.165, 1.54) is 16.7 Å². The van der Waals surface area contributed by atoms with Gasteiger partial charge in [-0.3, -0.25) is 13.9 Å². The number of carbonyl (C=O) groups excluding carboxylic acids is 2. The lowest BCUT2D eigenvalue weighted by molar-refractivity contribution is -0.140. The first kappa shape index (κ1) is 32.2. The fourth-order valence-corrected chi connectivity index (χ4v) is 6.37. The highest BCUT2D eigenvalue weighted by Gasteiger charge is 2.33. The Kier molecular flexibility index (Phi) is 11.8. The molecule has 0 bridgehead atoms. The lowest BCUT2D eigenvalue weighted by Gasteiger charge is -2.33. The van der Waals surface area contributed by atoms with Crippen molar-refractivity contribution in [1.29, 1.82) is 0 Å². The Hall–Kier alpha value is -3.30. The molecule has 1 atom stereocenters. The monoisotopic (exact) mass is 595 g/mol. The SMILES string of the molecule is CCCCNC(=O)[C@@H](CC)N(Cc1cccc(C)c1)C(=O)CN(c1ccc(C)cc1)S(=O)(=O)c1ccc(SC)cc1. The van der Waals surface area contributed by atoms with Gasteiger partial charge in [0.05, 0.1) is 10.6 Å². The molecule has 0 aromatic heterocycles. The standard InChI is InChI=1S/C32H41N3O4S2/c1-6-8-20-33-32(37)30(7-2)34(22-26-11-9-10-25(4)21-26)31(36)23-35(27-14-12-24(3)13-15-27)41(38,39)29-18-16-28(40-5)17-19-29/h9-19,21,30H,6-8,20,22-23H2,1-5H3,(H,33,37)/t30-/m1/s1. The molecule has 0 aliphatic heterocycles. The second-order valence-corrected chi connectivity index (χ2v) is 12.8. The van der Waals surface area contributed by atoms with E-state index in [9.17, 15) is 18.0 Å². The van der Waals surface area contributed by atoms with Crippen molar-refractivity contribution in [3.05, 3.63) is 89.5 Å². The number of amides is 2. The average molecular weight is 596 g/mol. The van der Waals surface area contributed by atoms with Gasteiger partial charge < -0.3 is 10.2 Å². The Morgan fingerprint density at radius 2 is 1.61 bits per heavy atom. The van der Waals surface area contributed by atoms with Crippen LogP contribution in [0.3, 0.4) is 0 Å². The quantitative estimate of drug-likeness (QED) is 0.184. The Morgan fingerprint density at radius 3 is 2.20 bits per heavy atom. The van der Waals surface area contributed by atoms with Crippen LogP contribution in [0.15, 0.2) is 82.6 Å². The van der Waals surface area contributed by atoms with Crippen LogP contribution < -0.4 is 9.62 Å². The number of hydrogen-bond donors (Lipinski definition) is 1. The van der Waals surface area contributed by atoms with Gasteiger partial charge in [0.15, 0.2) is 0 Å². The van der Waals surface area contributed by atoms with Gasteiger partial charge in [0, 0.05) is 18.0 Å². The van der Waals surface area contributed by atoms with Crippen LogP contribution in [0.25, 0.3) is 0 Å². The van der Waals surface area contributed by atoms with Gasteiger partial charge in [0.2, 0.25) is 11.8 Å². The Morgan fingerprint density at radius 1 is 0.927 bits per heavy atom. The van der Waals surface area contributed by atoms with Crippen molar-refractivity contribution in [1.82, 2.24) is 10.2 Å². The first-order chi connectivity index (χ1) is 19.6. The molecule has 3 rings (SSSR count). The Labute approximate surface area is 249 Å². The number of sulfonamides is 1. The number of nitrogens with one attached hydrogen (secondary N) is 1. The third kappa shape index (κ3) is 8.60. The normalized spacial score (nSPS) is 12.0. The van der Waals surface area contributed by atoms with Gasteiger partial charge in [-0.1, -0.05) is 67.8 Å². The van der Waals surface area contributed by atoms with E-state index in [0.29, 0.717) is 18.7 Å². The minimum atomic E-state index is -4.09. The number of benzene rings is 3. The third-order valence-electron chi connectivity index (χ3n) is 6.90. The van der Waals surface area contributed by atoms with Gasteiger partial charge in [-0.2, -0.15) is 0 Å². The molecule has 0 saturated carbocycles. The summed E-state index contributed by atoms with van der Waals surface area (Å²) >= 11 is 1.52. The molecule has 0 radical (unpaired) electrons. The molecule has 7 nitrogen and oxygen atoms in total. The van der Waals surface area contributed by atoms with Crippen molar-refractivity contribution in [2.45, 2.75) is 69.3 Å². The molecule has 3 aromatic rings. The largest absolute Gasteiger partial charge is 0.354 e. The van der Waals surface area contributed by atoms with Crippen LogP contribution in [0.5, 0.6) is 0 Å². The van der Waals surface area contributed by atoms with Gasteiger partial charge >= 0.3 is 0 Å². The molecule has 0 spiro atoms. The van der Waals surface area contributed by atoms with Crippen molar-refractivity contribution in [2.24, 2.45) is 0 Å². The van der Waals surface area contributed by atoms with Gasteiger partial charge in [0.25, 0.3) is 10.0 Å². The molecule has 0 saturated heterocycles. The van der Waals surface area contributed by atoms with E-state index < -0.39 is 28.5 Å². The lowest BCUT2D eigenvalue weighted by Crippen LogP contribution is -2.52. The van der Waals surface area contributed by atoms with Crippen LogP contribution in [0.4, 0.5) is 5.69 Å². The molecule has 0 fully saturated rings. The summed E-state index contributed by atoms with van der Waals surface area (Å²) in [6.07, 6.45) is 4.09. The van der Waals surface area contributed by atoms with Crippen molar-refractivity contribution in [3.63, 3.8) is 0 Å². The molecule has 3 aromatic carbocycles. The number of rotatable bonds is 14. The van der Waals surface area contributed by atoms with Crippen molar-refractivity contribution < 1.29 is 18.0 Å². The van der Waals surface area contributed by atoms with E-state index in [-0.39, 0.29) is 17.3 Å². The summed E-state index contributed by atoms with van der Waals surface area (Å²) in [6.45, 7) is 8.06. The fraction of sp³-hybridized carbons (Fsp3) is 0.375. The van der Waals surface area contributed by atoms with E-state index >= 15 is 0 Å². The maximum Gasteiger partial charge on any atom is 0.264 e. The van der Waals surface area contributed by atoms with Gasteiger partial charge in [0.1, 0.15) is 12.6 Å². The molecule has 0 aliphatic rings. The van der Waals surface area contributed by atoms with E-state index in [1.54, 1.807) is 36.4 Å². The van der Waals surface area contributed by atoms with Crippen LogP contribution in [-0.4, -0.2) is 50.5 Å². The topological polar surface area (TPSA) is 86.8 Å². The third-order valence-corrected chi connectivity index (χ3v) is 9.43. The van der Waals surface area contributed by atoms with Crippen LogP contribution in [0, 0.1) is 13.8 Å². The smallest absolute Gasteiger partial charge is 0.264 e. The molecule has 0 aliphatic carbocycles. The van der Waals surface area contributed by atoms with Crippen molar-refractivity contribution in [2.75, 3.05) is 23.7 Å². The number of aryl methyl sites for hydroxylation is 2. The summed E-state index contributed by atoms with van der Waals surface area (Å²) in [5, 5.41) is 2.96. The van der Waals surface area contributed by atoms with Crippen LogP contribution >= 0.6 is 11.8 Å². The molecular formula is C32H41N3O4S2. The van der Waals surface area contributed by atoms with Gasteiger partial charge in [-0.05, 0) is 74.9 Å². The first-order valence-corrected chi connectivity index (χ1v) is 16.6. The minimum absolute atomic E-state index is 0.0956. The summed E-state index contributed by atoms with van der Waals surface area (Å²) in [7, 11) is -4.09. The minimum Gasteiger partial charge on any atom is -0.354 e. The van der Waals surface area contributed by atoms with Gasteiger partial charge in [-0.25, -0.2) is 8.42 Å². The highest BCUT2D eigenvalue weighted by molar-refractivity contribution is 7.98. The molecule has 2 amide bonds. The van der Waals surface area contributed by atoms with Gasteiger partial charge in [-0.15, -0.1) is 11.8 Å². The molecule has 220 valence electrons. The molecule has 41 heavy (non-hydrogen) atoms. The molecule has 0 heterocycles. The second-order valence-electron chi connectivity index (χ2n) is 10.1. The van der Waals surface area contributed by atoms with Crippen LogP contribution in [0.2, 0.25) is 0 Å². The zero-order chi connectivity index (χ0) is 30.0. The number of carbonyl (C=O) groups is 2. The summed E-state index contributed by atoms with van der Waals surface area (Å²) < 4.78 is 29.1. The second kappa shape index (κ2) is 15.1. The summed E-state index contributed by atoms with van der Waals surface area (Å²) in [5.74, 6) is -0.687. The average Bonchev–Trinajstić information content (AvgIpc) is 2.96. The fourth-order valence-electron chi connectivity index (χ4n) is 4.55. The number of nitrogens with zero attached hydrogens (tertiary/aromatic N) is 2. The predicted molar refractivity (Wildman–Crippen MR) is 168 cm³/mol.